The topological polar surface area (TPSA) is 26.3 Å². The summed E-state index contributed by atoms with van der Waals surface area (Å²) in [5.41, 5.74) is 0.289. The molecule has 19 heavy (non-hydrogen) atoms. The summed E-state index contributed by atoms with van der Waals surface area (Å²) < 4.78 is 5.92. The molecule has 0 aromatic rings. The van der Waals surface area contributed by atoms with Gasteiger partial charge in [0.15, 0.2) is 0 Å². The Morgan fingerprint density at radius 2 is 1.74 bits per heavy atom. The summed E-state index contributed by atoms with van der Waals surface area (Å²) in [6.07, 6.45) is 12.4. The molecule has 2 unspecified atom stereocenters. The van der Waals surface area contributed by atoms with Gasteiger partial charge in [-0.2, -0.15) is 0 Å². The van der Waals surface area contributed by atoms with Crippen LogP contribution in [0.25, 0.3) is 0 Å². The molecular formula is C17H30O2. The minimum Gasteiger partial charge on any atom is -0.459 e. The summed E-state index contributed by atoms with van der Waals surface area (Å²) >= 11 is 0. The van der Waals surface area contributed by atoms with E-state index < -0.39 is 0 Å². The van der Waals surface area contributed by atoms with E-state index in [9.17, 15) is 4.79 Å². The molecule has 2 atom stereocenters. The highest BCUT2D eigenvalue weighted by Gasteiger charge is 2.44. The fourth-order valence-corrected chi connectivity index (χ4v) is 4.13. The van der Waals surface area contributed by atoms with Crippen LogP contribution in [0.1, 0.15) is 85.0 Å². The lowest BCUT2D eigenvalue weighted by Crippen LogP contribution is -2.44. The van der Waals surface area contributed by atoms with E-state index in [-0.39, 0.29) is 17.5 Å². The molecule has 2 rings (SSSR count). The molecule has 2 nitrogen and oxygen atoms in total. The van der Waals surface area contributed by atoms with Crippen LogP contribution >= 0.6 is 0 Å². The molecule has 0 aromatic carbocycles. The van der Waals surface area contributed by atoms with Crippen molar-refractivity contribution in [1.29, 1.82) is 0 Å². The maximum Gasteiger partial charge on any atom is 0.309 e. The van der Waals surface area contributed by atoms with Gasteiger partial charge in [0, 0.05) is 0 Å². The van der Waals surface area contributed by atoms with Crippen LogP contribution in [0.4, 0.5) is 0 Å². The third-order valence-electron chi connectivity index (χ3n) is 5.44. The second-order valence-corrected chi connectivity index (χ2v) is 7.27. The van der Waals surface area contributed by atoms with E-state index >= 15 is 0 Å². The van der Waals surface area contributed by atoms with Crippen molar-refractivity contribution in [2.45, 2.75) is 90.6 Å². The predicted octanol–water partition coefficient (Wildman–Crippen LogP) is 4.86. The number of ether oxygens (including phenoxy) is 1. The first-order valence-electron chi connectivity index (χ1n) is 8.22. The summed E-state index contributed by atoms with van der Waals surface area (Å²) in [6.45, 7) is 6.20. The number of carbonyl (C=O) groups is 1. The molecule has 0 amide bonds. The lowest BCUT2D eigenvalue weighted by atomic mass is 9.61. The van der Waals surface area contributed by atoms with Gasteiger partial charge < -0.3 is 4.74 Å². The normalized spacial score (nSPS) is 31.9. The van der Waals surface area contributed by atoms with Crippen molar-refractivity contribution >= 4 is 5.97 Å². The van der Waals surface area contributed by atoms with Crippen molar-refractivity contribution in [2.75, 3.05) is 0 Å². The van der Waals surface area contributed by atoms with E-state index in [1.165, 1.54) is 44.9 Å². The quantitative estimate of drug-likeness (QED) is 0.682. The van der Waals surface area contributed by atoms with E-state index in [2.05, 4.69) is 13.8 Å². The third-order valence-corrected chi connectivity index (χ3v) is 5.44. The van der Waals surface area contributed by atoms with Gasteiger partial charge in [-0.05, 0) is 57.3 Å². The van der Waals surface area contributed by atoms with Gasteiger partial charge in [-0.3, -0.25) is 4.79 Å². The van der Waals surface area contributed by atoms with Gasteiger partial charge in [0.05, 0.1) is 5.92 Å². The first-order valence-corrected chi connectivity index (χ1v) is 8.22. The molecule has 2 fully saturated rings. The maximum absolute atomic E-state index is 12.1. The molecule has 0 heterocycles. The summed E-state index contributed by atoms with van der Waals surface area (Å²) in [7, 11) is 0. The smallest absolute Gasteiger partial charge is 0.309 e. The summed E-state index contributed by atoms with van der Waals surface area (Å²) in [5.74, 6) is 0.0546. The zero-order valence-corrected chi connectivity index (χ0v) is 13.0. The monoisotopic (exact) mass is 266 g/mol. The Balaban J connectivity index is 2.00. The lowest BCUT2D eigenvalue weighted by Gasteiger charge is -2.48. The fourth-order valence-electron chi connectivity index (χ4n) is 4.13. The highest BCUT2D eigenvalue weighted by molar-refractivity contribution is 5.72. The number of rotatable bonds is 3. The van der Waals surface area contributed by atoms with E-state index in [1.54, 1.807) is 0 Å². The van der Waals surface area contributed by atoms with Crippen LogP contribution in [0.2, 0.25) is 0 Å². The highest BCUT2D eigenvalue weighted by atomic mass is 16.6. The fraction of sp³-hybridized carbons (Fsp3) is 0.941. The van der Waals surface area contributed by atoms with Crippen LogP contribution in [-0.4, -0.2) is 11.6 Å². The Bertz CT molecular complexity index is 312. The minimum absolute atomic E-state index is 0.0119. The van der Waals surface area contributed by atoms with E-state index in [0.29, 0.717) is 5.41 Å². The zero-order chi connectivity index (χ0) is 13.9. The Morgan fingerprint density at radius 3 is 2.37 bits per heavy atom. The van der Waals surface area contributed by atoms with E-state index in [4.69, 9.17) is 4.74 Å². The van der Waals surface area contributed by atoms with Crippen LogP contribution in [0.5, 0.6) is 0 Å². The van der Waals surface area contributed by atoms with Gasteiger partial charge >= 0.3 is 5.97 Å². The van der Waals surface area contributed by atoms with Gasteiger partial charge in [0.2, 0.25) is 0 Å². The molecular weight excluding hydrogens is 236 g/mol. The molecule has 2 aliphatic rings. The number of carbonyl (C=O) groups excluding carboxylic acids is 1. The molecule has 2 saturated carbocycles. The average Bonchev–Trinajstić information content (AvgIpc) is 2.37. The van der Waals surface area contributed by atoms with Crippen LogP contribution in [0.3, 0.4) is 0 Å². The van der Waals surface area contributed by atoms with Gasteiger partial charge in [0.25, 0.3) is 0 Å². The maximum atomic E-state index is 12.1. The van der Waals surface area contributed by atoms with E-state index in [0.717, 1.165) is 19.3 Å². The Kier molecular flexibility index (Phi) is 4.58. The molecule has 1 spiro atoms. The molecule has 0 saturated heterocycles. The van der Waals surface area contributed by atoms with Crippen molar-refractivity contribution in [3.63, 3.8) is 0 Å². The number of hydrogen-bond donors (Lipinski definition) is 0. The molecule has 0 N–H and O–H groups in total. The zero-order valence-electron chi connectivity index (χ0n) is 13.0. The largest absolute Gasteiger partial charge is 0.459 e. The van der Waals surface area contributed by atoms with Crippen LogP contribution in [0, 0.1) is 11.3 Å². The van der Waals surface area contributed by atoms with Gasteiger partial charge in [0.1, 0.15) is 5.60 Å². The van der Waals surface area contributed by atoms with Crippen LogP contribution in [0.15, 0.2) is 0 Å². The molecule has 2 aliphatic carbocycles. The SMILES string of the molecule is CCC(C)C(=O)OC1(C)CCCC2(CCCCC2)C1. The van der Waals surface area contributed by atoms with Crippen LogP contribution < -0.4 is 0 Å². The molecule has 0 bridgehead atoms. The molecule has 2 heteroatoms. The van der Waals surface area contributed by atoms with Crippen molar-refractivity contribution in [3.05, 3.63) is 0 Å². The predicted molar refractivity (Wildman–Crippen MR) is 77.9 cm³/mol. The van der Waals surface area contributed by atoms with Crippen molar-refractivity contribution < 1.29 is 9.53 Å². The average molecular weight is 266 g/mol. The first kappa shape index (κ1) is 14.9. The molecule has 0 aromatic heterocycles. The van der Waals surface area contributed by atoms with Gasteiger partial charge in [-0.1, -0.05) is 33.1 Å². The molecule has 0 radical (unpaired) electrons. The molecule has 0 aliphatic heterocycles. The number of hydrogen-bond acceptors (Lipinski definition) is 2. The van der Waals surface area contributed by atoms with Gasteiger partial charge in [-0.25, -0.2) is 0 Å². The standard InChI is InChI=1S/C17H30O2/c1-4-14(2)15(18)19-16(3)9-8-12-17(13-16)10-6-5-7-11-17/h14H,4-13H2,1-3H3. The van der Waals surface area contributed by atoms with E-state index in [1.807, 2.05) is 6.92 Å². The summed E-state index contributed by atoms with van der Waals surface area (Å²) in [4.78, 5) is 12.1. The number of esters is 1. The van der Waals surface area contributed by atoms with Crippen LogP contribution in [-0.2, 0) is 9.53 Å². The summed E-state index contributed by atoms with van der Waals surface area (Å²) in [5, 5.41) is 0. The molecule has 110 valence electrons. The second-order valence-electron chi connectivity index (χ2n) is 7.27. The lowest BCUT2D eigenvalue weighted by molar-refractivity contribution is -0.171. The van der Waals surface area contributed by atoms with Crippen molar-refractivity contribution in [3.8, 4) is 0 Å². The highest BCUT2D eigenvalue weighted by Crippen LogP contribution is 2.51. The second kappa shape index (κ2) is 5.85. The van der Waals surface area contributed by atoms with Crippen molar-refractivity contribution in [2.24, 2.45) is 11.3 Å². The first-order chi connectivity index (χ1) is 8.99. The third kappa shape index (κ3) is 3.52. The minimum atomic E-state index is -0.198. The Hall–Kier alpha value is -0.530. The summed E-state index contributed by atoms with van der Waals surface area (Å²) in [6, 6.07) is 0. The van der Waals surface area contributed by atoms with Crippen molar-refractivity contribution in [1.82, 2.24) is 0 Å². The van der Waals surface area contributed by atoms with Gasteiger partial charge in [-0.15, -0.1) is 0 Å². The Labute approximate surface area is 118 Å². The Morgan fingerprint density at radius 1 is 1.11 bits per heavy atom.